The van der Waals surface area contributed by atoms with Crippen LogP contribution >= 0.6 is 0 Å². The van der Waals surface area contributed by atoms with Crippen molar-refractivity contribution in [1.82, 2.24) is 0 Å². The second kappa shape index (κ2) is 7.63. The molecule has 2 rings (SSSR count). The molecule has 23 heavy (non-hydrogen) atoms. The fourth-order valence-electron chi connectivity index (χ4n) is 2.57. The molecule has 10 atom stereocenters. The Balaban J connectivity index is 2.11. The monoisotopic (exact) mass is 342 g/mol. The fourth-order valence-corrected chi connectivity index (χ4v) is 2.57. The summed E-state index contributed by atoms with van der Waals surface area (Å²) in [6.45, 7) is -1.35. The normalized spacial score (nSPS) is 51.7. The highest BCUT2D eigenvalue weighted by molar-refractivity contribution is 4.93. The van der Waals surface area contributed by atoms with Crippen LogP contribution in [0.1, 0.15) is 0 Å². The topological polar surface area (TPSA) is 190 Å². The van der Waals surface area contributed by atoms with E-state index in [1.54, 1.807) is 0 Å². The highest BCUT2D eigenvalue weighted by Gasteiger charge is 2.50. The van der Waals surface area contributed by atoms with Crippen LogP contribution in [0.2, 0.25) is 0 Å². The Morgan fingerprint density at radius 2 is 1.26 bits per heavy atom. The minimum Gasteiger partial charge on any atom is -0.394 e. The Morgan fingerprint density at radius 1 is 0.652 bits per heavy atom. The standard InChI is InChI=1S/C12H22O11/c13-1-3-5(15)6(16)9(19)12(22-3)23-10-4(2-14)21-11(20)8(18)7(10)17/h3-20H,1-2H2/t3?,4-,5-,6-,7?,8?,9?,10+,11?,12-/m0/s1. The molecule has 0 bridgehead atoms. The van der Waals surface area contributed by atoms with Crippen molar-refractivity contribution >= 4 is 0 Å². The number of hydrogen-bond acceptors (Lipinski definition) is 11. The molecule has 0 radical (unpaired) electrons. The van der Waals surface area contributed by atoms with Gasteiger partial charge in [-0.05, 0) is 0 Å². The maximum atomic E-state index is 9.94. The molecule has 2 aliphatic rings. The van der Waals surface area contributed by atoms with Crippen LogP contribution in [-0.2, 0) is 14.2 Å². The number of ether oxygens (including phenoxy) is 3. The molecule has 0 aromatic carbocycles. The summed E-state index contributed by atoms with van der Waals surface area (Å²) >= 11 is 0. The van der Waals surface area contributed by atoms with Crippen LogP contribution < -0.4 is 0 Å². The lowest BCUT2D eigenvalue weighted by molar-refractivity contribution is -0.355. The molecule has 2 saturated heterocycles. The summed E-state index contributed by atoms with van der Waals surface area (Å²) in [5.41, 5.74) is 0. The molecule has 0 aromatic heterocycles. The maximum Gasteiger partial charge on any atom is 0.187 e. The Labute approximate surface area is 130 Å². The Morgan fingerprint density at radius 3 is 1.83 bits per heavy atom. The van der Waals surface area contributed by atoms with Gasteiger partial charge in [0.2, 0.25) is 0 Å². The average molecular weight is 342 g/mol. The Kier molecular flexibility index (Phi) is 6.27. The molecule has 0 aliphatic carbocycles. The molecule has 136 valence electrons. The minimum absolute atomic E-state index is 0.667. The van der Waals surface area contributed by atoms with E-state index in [0.29, 0.717) is 0 Å². The molecular weight excluding hydrogens is 320 g/mol. The quantitative estimate of drug-likeness (QED) is 0.243. The summed E-state index contributed by atoms with van der Waals surface area (Å²) in [5.74, 6) is 0. The molecule has 2 aliphatic heterocycles. The smallest absolute Gasteiger partial charge is 0.187 e. The summed E-state index contributed by atoms with van der Waals surface area (Å²) in [5, 5.41) is 76.5. The van der Waals surface area contributed by atoms with Crippen LogP contribution in [0.3, 0.4) is 0 Å². The van der Waals surface area contributed by atoms with Gasteiger partial charge in [0.1, 0.15) is 48.8 Å². The van der Waals surface area contributed by atoms with Gasteiger partial charge >= 0.3 is 0 Å². The number of aliphatic hydroxyl groups is 8. The third kappa shape index (κ3) is 3.65. The zero-order valence-electron chi connectivity index (χ0n) is 12.0. The second-order valence-corrected chi connectivity index (χ2v) is 5.53. The number of aliphatic hydroxyl groups excluding tert-OH is 8. The lowest BCUT2D eigenvalue weighted by Crippen LogP contribution is -2.64. The summed E-state index contributed by atoms with van der Waals surface area (Å²) in [4.78, 5) is 0. The van der Waals surface area contributed by atoms with Crippen LogP contribution in [0, 0.1) is 0 Å². The highest BCUT2D eigenvalue weighted by Crippen LogP contribution is 2.28. The van der Waals surface area contributed by atoms with E-state index in [1.807, 2.05) is 0 Å². The number of rotatable bonds is 4. The molecule has 0 saturated carbocycles. The second-order valence-electron chi connectivity index (χ2n) is 5.53. The van der Waals surface area contributed by atoms with E-state index in [4.69, 9.17) is 19.3 Å². The van der Waals surface area contributed by atoms with Crippen molar-refractivity contribution in [1.29, 1.82) is 0 Å². The van der Waals surface area contributed by atoms with Crippen molar-refractivity contribution in [3.05, 3.63) is 0 Å². The molecule has 0 spiro atoms. The van der Waals surface area contributed by atoms with E-state index in [0.717, 1.165) is 0 Å². The number of hydrogen-bond donors (Lipinski definition) is 8. The average Bonchev–Trinajstić information content (AvgIpc) is 2.55. The summed E-state index contributed by atoms with van der Waals surface area (Å²) in [6.07, 6.45) is -15.6. The molecule has 0 aromatic rings. The van der Waals surface area contributed by atoms with E-state index >= 15 is 0 Å². The maximum absolute atomic E-state index is 9.94. The first-order valence-corrected chi connectivity index (χ1v) is 7.08. The van der Waals surface area contributed by atoms with Crippen molar-refractivity contribution in [3.63, 3.8) is 0 Å². The lowest BCUT2D eigenvalue weighted by Gasteiger charge is -2.45. The van der Waals surface area contributed by atoms with E-state index < -0.39 is 74.6 Å². The molecule has 0 amide bonds. The fraction of sp³-hybridized carbons (Fsp3) is 1.00. The van der Waals surface area contributed by atoms with Crippen molar-refractivity contribution < 1.29 is 55.1 Å². The Hall–Kier alpha value is -0.440. The zero-order chi connectivity index (χ0) is 17.3. The van der Waals surface area contributed by atoms with Gasteiger partial charge in [-0.3, -0.25) is 0 Å². The first-order valence-electron chi connectivity index (χ1n) is 7.08. The molecule has 11 heteroatoms. The largest absolute Gasteiger partial charge is 0.394 e. The van der Waals surface area contributed by atoms with Crippen LogP contribution in [0.4, 0.5) is 0 Å². The van der Waals surface area contributed by atoms with E-state index in [-0.39, 0.29) is 0 Å². The van der Waals surface area contributed by atoms with Gasteiger partial charge in [0.25, 0.3) is 0 Å². The summed E-state index contributed by atoms with van der Waals surface area (Å²) < 4.78 is 15.3. The van der Waals surface area contributed by atoms with Gasteiger partial charge in [0.05, 0.1) is 13.2 Å². The van der Waals surface area contributed by atoms with Gasteiger partial charge in [-0.1, -0.05) is 0 Å². The van der Waals surface area contributed by atoms with Crippen LogP contribution in [0.25, 0.3) is 0 Å². The molecule has 2 fully saturated rings. The van der Waals surface area contributed by atoms with Gasteiger partial charge in [-0.15, -0.1) is 0 Å². The van der Waals surface area contributed by atoms with E-state index in [1.165, 1.54) is 0 Å². The highest BCUT2D eigenvalue weighted by atomic mass is 16.7. The van der Waals surface area contributed by atoms with E-state index in [2.05, 4.69) is 0 Å². The third-order valence-corrected chi connectivity index (χ3v) is 3.98. The van der Waals surface area contributed by atoms with Crippen LogP contribution in [-0.4, -0.2) is 115 Å². The van der Waals surface area contributed by atoms with Crippen molar-refractivity contribution in [2.75, 3.05) is 13.2 Å². The zero-order valence-corrected chi connectivity index (χ0v) is 12.0. The van der Waals surface area contributed by atoms with Gasteiger partial charge in [0, 0.05) is 0 Å². The Bertz CT molecular complexity index is 378. The van der Waals surface area contributed by atoms with Crippen molar-refractivity contribution in [2.45, 2.75) is 61.4 Å². The van der Waals surface area contributed by atoms with Crippen LogP contribution in [0.15, 0.2) is 0 Å². The summed E-state index contributed by atoms with van der Waals surface area (Å²) in [7, 11) is 0. The molecule has 5 unspecified atom stereocenters. The first kappa shape index (κ1) is 18.9. The van der Waals surface area contributed by atoms with E-state index in [9.17, 15) is 35.7 Å². The van der Waals surface area contributed by atoms with Gasteiger partial charge in [0.15, 0.2) is 12.6 Å². The summed E-state index contributed by atoms with van der Waals surface area (Å²) in [6, 6.07) is 0. The predicted octanol–water partition coefficient (Wildman–Crippen LogP) is -5.40. The SMILES string of the molecule is OCC1O[C@@H](O[C@H]2C(O)C(O)C(O)O[C@H]2CO)C(O)[C@@H](O)[C@H]1O. The third-order valence-electron chi connectivity index (χ3n) is 3.98. The van der Waals surface area contributed by atoms with Crippen molar-refractivity contribution in [2.24, 2.45) is 0 Å². The lowest BCUT2D eigenvalue weighted by atomic mass is 9.97. The molecule has 2 heterocycles. The molecule has 11 nitrogen and oxygen atoms in total. The van der Waals surface area contributed by atoms with Crippen molar-refractivity contribution in [3.8, 4) is 0 Å². The predicted molar refractivity (Wildman–Crippen MR) is 68.6 cm³/mol. The minimum atomic E-state index is -1.74. The van der Waals surface area contributed by atoms with Gasteiger partial charge in [-0.25, -0.2) is 0 Å². The first-order chi connectivity index (χ1) is 10.8. The van der Waals surface area contributed by atoms with Crippen LogP contribution in [0.5, 0.6) is 0 Å². The molecular formula is C12H22O11. The van der Waals surface area contributed by atoms with Gasteiger partial charge < -0.3 is 55.1 Å². The molecule has 8 N–H and O–H groups in total. The van der Waals surface area contributed by atoms with Gasteiger partial charge in [-0.2, -0.15) is 0 Å².